The van der Waals surface area contributed by atoms with Crippen molar-refractivity contribution in [1.29, 1.82) is 0 Å². The van der Waals surface area contributed by atoms with Crippen LogP contribution in [0.1, 0.15) is 6.42 Å². The first-order valence-corrected chi connectivity index (χ1v) is 3.08. The topological polar surface area (TPSA) is 29.4 Å². The zero-order valence-electron chi connectivity index (χ0n) is 4.81. The van der Waals surface area contributed by atoms with Crippen molar-refractivity contribution < 1.29 is 9.18 Å². The Bertz CT molecular complexity index is 114. The van der Waals surface area contributed by atoms with E-state index in [4.69, 9.17) is 11.6 Å². The van der Waals surface area contributed by atoms with Crippen molar-refractivity contribution in [2.24, 2.45) is 4.99 Å². The van der Waals surface area contributed by atoms with Crippen LogP contribution in [0.3, 0.4) is 0 Å². The summed E-state index contributed by atoms with van der Waals surface area (Å²) in [4.78, 5) is 12.6. The molecular formula is C5H7ClFNO. The molecule has 0 saturated carbocycles. The fourth-order valence-corrected chi connectivity index (χ4v) is 0.482. The number of hydrogen-bond acceptors (Lipinski definition) is 2. The van der Waals surface area contributed by atoms with E-state index in [2.05, 4.69) is 4.99 Å². The van der Waals surface area contributed by atoms with Crippen LogP contribution >= 0.6 is 11.6 Å². The van der Waals surface area contributed by atoms with Crippen LogP contribution in [-0.4, -0.2) is 24.7 Å². The van der Waals surface area contributed by atoms with Crippen molar-refractivity contribution in [3.05, 3.63) is 0 Å². The van der Waals surface area contributed by atoms with Gasteiger partial charge >= 0.3 is 0 Å². The molecule has 0 bridgehead atoms. The average Bonchev–Trinajstić information content (AvgIpc) is 1.89. The third-order valence-corrected chi connectivity index (χ3v) is 1.12. The van der Waals surface area contributed by atoms with Gasteiger partial charge in [0.05, 0.1) is 12.4 Å². The van der Waals surface area contributed by atoms with Gasteiger partial charge in [-0.25, -0.2) is 14.2 Å². The van der Waals surface area contributed by atoms with E-state index >= 15 is 0 Å². The van der Waals surface area contributed by atoms with Gasteiger partial charge in [0.25, 0.3) is 0 Å². The summed E-state index contributed by atoms with van der Waals surface area (Å²) in [6.07, 6.45) is 0.467. The van der Waals surface area contributed by atoms with E-state index in [1.807, 2.05) is 0 Å². The molecule has 0 amide bonds. The van der Waals surface area contributed by atoms with Crippen molar-refractivity contribution in [1.82, 2.24) is 0 Å². The molecule has 0 aromatic carbocycles. The van der Waals surface area contributed by atoms with Gasteiger partial charge in [-0.2, -0.15) is 0 Å². The highest BCUT2D eigenvalue weighted by molar-refractivity contribution is 6.18. The monoisotopic (exact) mass is 151 g/mol. The Hall–Kier alpha value is -0.400. The minimum Gasteiger partial charge on any atom is -0.246 e. The molecule has 9 heavy (non-hydrogen) atoms. The molecule has 2 nitrogen and oxygen atoms in total. The van der Waals surface area contributed by atoms with Crippen LogP contribution in [-0.2, 0) is 4.79 Å². The maximum absolute atomic E-state index is 12.1. The summed E-state index contributed by atoms with van der Waals surface area (Å²) in [5.74, 6) is -0.0334. The number of rotatable bonds is 4. The van der Waals surface area contributed by atoms with Crippen LogP contribution < -0.4 is 0 Å². The van der Waals surface area contributed by atoms with Gasteiger partial charge in [0.1, 0.15) is 6.17 Å². The van der Waals surface area contributed by atoms with Crippen LogP contribution in [0.2, 0.25) is 0 Å². The molecule has 0 N–H and O–H groups in total. The Morgan fingerprint density at radius 2 is 2.44 bits per heavy atom. The van der Waals surface area contributed by atoms with Crippen molar-refractivity contribution in [2.75, 3.05) is 12.4 Å². The van der Waals surface area contributed by atoms with E-state index in [0.717, 1.165) is 0 Å². The molecule has 0 saturated heterocycles. The standard InChI is InChI=1S/C5H7ClFNO/c6-3-5(7)1-2-8-4-9/h5H,1-3H2. The number of alkyl halides is 2. The van der Waals surface area contributed by atoms with Gasteiger partial charge < -0.3 is 0 Å². The Morgan fingerprint density at radius 3 is 2.89 bits per heavy atom. The van der Waals surface area contributed by atoms with Gasteiger partial charge in [-0.15, -0.1) is 11.6 Å². The van der Waals surface area contributed by atoms with Gasteiger partial charge in [0.15, 0.2) is 0 Å². The zero-order chi connectivity index (χ0) is 7.11. The average molecular weight is 152 g/mol. The van der Waals surface area contributed by atoms with Crippen molar-refractivity contribution in [3.8, 4) is 0 Å². The molecule has 1 atom stereocenters. The maximum Gasteiger partial charge on any atom is 0.234 e. The second-order valence-electron chi connectivity index (χ2n) is 1.51. The number of carbonyl (C=O) groups excluding carboxylic acids is 1. The van der Waals surface area contributed by atoms with Crippen LogP contribution in [0.15, 0.2) is 4.99 Å². The van der Waals surface area contributed by atoms with Crippen LogP contribution in [0, 0.1) is 0 Å². The first kappa shape index (κ1) is 8.60. The lowest BCUT2D eigenvalue weighted by Gasteiger charge is -1.96. The molecule has 1 unspecified atom stereocenters. The van der Waals surface area contributed by atoms with Gasteiger partial charge in [-0.05, 0) is 0 Å². The fraction of sp³-hybridized carbons (Fsp3) is 0.800. The summed E-state index contributed by atoms with van der Waals surface area (Å²) in [7, 11) is 0. The highest BCUT2D eigenvalue weighted by atomic mass is 35.5. The summed E-state index contributed by atoms with van der Waals surface area (Å²) in [6, 6.07) is 0. The number of aliphatic imine (C=N–C) groups is 1. The molecule has 0 aromatic heterocycles. The fourth-order valence-electron chi connectivity index (χ4n) is 0.327. The van der Waals surface area contributed by atoms with Gasteiger partial charge in [0, 0.05) is 6.42 Å². The zero-order valence-corrected chi connectivity index (χ0v) is 5.57. The molecule has 52 valence electrons. The largest absolute Gasteiger partial charge is 0.246 e. The van der Waals surface area contributed by atoms with Gasteiger partial charge in [-0.3, -0.25) is 0 Å². The molecule has 0 aliphatic rings. The van der Waals surface area contributed by atoms with Crippen LogP contribution in [0.5, 0.6) is 0 Å². The summed E-state index contributed by atoms with van der Waals surface area (Å²) < 4.78 is 12.1. The molecule has 0 aliphatic heterocycles. The predicted molar refractivity (Wildman–Crippen MR) is 33.2 cm³/mol. The highest BCUT2D eigenvalue weighted by Crippen LogP contribution is 1.99. The Balaban J connectivity index is 3.16. The summed E-state index contributed by atoms with van der Waals surface area (Å²) >= 11 is 5.12. The van der Waals surface area contributed by atoms with Gasteiger partial charge in [-0.1, -0.05) is 0 Å². The molecular weight excluding hydrogens is 145 g/mol. The number of isocyanates is 1. The molecule has 0 aromatic rings. The van der Waals surface area contributed by atoms with Crippen molar-refractivity contribution in [2.45, 2.75) is 12.6 Å². The predicted octanol–water partition coefficient (Wildman–Crippen LogP) is 1.29. The Morgan fingerprint density at radius 1 is 1.78 bits per heavy atom. The quantitative estimate of drug-likeness (QED) is 0.338. The van der Waals surface area contributed by atoms with Crippen molar-refractivity contribution in [3.63, 3.8) is 0 Å². The second-order valence-corrected chi connectivity index (χ2v) is 1.82. The molecule has 0 aliphatic carbocycles. The summed E-state index contributed by atoms with van der Waals surface area (Å²) in [6.45, 7) is 0.178. The van der Waals surface area contributed by atoms with Gasteiger partial charge in [0.2, 0.25) is 6.08 Å². The smallest absolute Gasteiger partial charge is 0.234 e. The minimum absolute atomic E-state index is 0.0334. The lowest BCUT2D eigenvalue weighted by atomic mass is 10.3. The minimum atomic E-state index is -1.05. The molecule has 0 heterocycles. The third kappa shape index (κ3) is 5.47. The normalized spacial score (nSPS) is 12.2. The first-order chi connectivity index (χ1) is 4.31. The van der Waals surface area contributed by atoms with E-state index in [-0.39, 0.29) is 18.8 Å². The van der Waals surface area contributed by atoms with E-state index in [1.165, 1.54) is 6.08 Å². The Kier molecular flexibility index (Phi) is 5.48. The van der Waals surface area contributed by atoms with E-state index in [1.54, 1.807) is 0 Å². The number of hydrogen-bond donors (Lipinski definition) is 0. The second kappa shape index (κ2) is 5.73. The molecule has 0 rings (SSSR count). The van der Waals surface area contributed by atoms with E-state index in [0.29, 0.717) is 0 Å². The molecule has 0 fully saturated rings. The summed E-state index contributed by atoms with van der Waals surface area (Å²) in [5.41, 5.74) is 0. The lowest BCUT2D eigenvalue weighted by Crippen LogP contribution is -2.02. The Labute approximate surface area is 57.7 Å². The first-order valence-electron chi connectivity index (χ1n) is 2.55. The van der Waals surface area contributed by atoms with Crippen LogP contribution in [0.4, 0.5) is 4.39 Å². The molecule has 0 radical (unpaired) electrons. The maximum atomic E-state index is 12.1. The van der Waals surface area contributed by atoms with Crippen molar-refractivity contribution >= 4 is 17.7 Å². The summed E-state index contributed by atoms with van der Waals surface area (Å²) in [5, 5.41) is 0. The SMILES string of the molecule is O=C=NCCC(F)CCl. The molecule has 0 spiro atoms. The highest BCUT2D eigenvalue weighted by Gasteiger charge is 2.01. The van der Waals surface area contributed by atoms with E-state index < -0.39 is 6.17 Å². The number of halogens is 2. The number of nitrogens with zero attached hydrogens (tertiary/aromatic N) is 1. The third-order valence-electron chi connectivity index (χ3n) is 0.786. The van der Waals surface area contributed by atoms with Crippen LogP contribution in [0.25, 0.3) is 0 Å². The lowest BCUT2D eigenvalue weighted by molar-refractivity contribution is 0.349. The molecule has 4 heteroatoms. The van der Waals surface area contributed by atoms with E-state index in [9.17, 15) is 9.18 Å².